The highest BCUT2D eigenvalue weighted by atomic mass is 32.2. The van der Waals surface area contributed by atoms with Crippen molar-refractivity contribution in [3.05, 3.63) is 52.3 Å². The molecule has 0 saturated carbocycles. The summed E-state index contributed by atoms with van der Waals surface area (Å²) in [6.07, 6.45) is 0. The third kappa shape index (κ3) is 3.10. The van der Waals surface area contributed by atoms with Gasteiger partial charge in [-0.3, -0.25) is 0 Å². The van der Waals surface area contributed by atoms with Crippen molar-refractivity contribution >= 4 is 34.2 Å². The smallest absolute Gasteiger partial charge is 0.210 e. The Morgan fingerprint density at radius 3 is 3.13 bits per heavy atom. The molecule has 0 radical (unpaired) electrons. The zero-order valence-electron chi connectivity index (χ0n) is 11.7. The van der Waals surface area contributed by atoms with Crippen LogP contribution in [0.25, 0.3) is 11.1 Å². The van der Waals surface area contributed by atoms with Gasteiger partial charge in [-0.15, -0.1) is 16.4 Å². The number of hydrogen-bond acceptors (Lipinski definition) is 7. The molecule has 4 rings (SSSR count). The van der Waals surface area contributed by atoms with Crippen molar-refractivity contribution < 1.29 is 8.81 Å². The van der Waals surface area contributed by atoms with Gasteiger partial charge in [0.25, 0.3) is 0 Å². The third-order valence-electron chi connectivity index (χ3n) is 3.10. The molecule has 0 aliphatic heterocycles. The molecule has 0 amide bonds. The lowest BCUT2D eigenvalue weighted by atomic mass is 10.3. The number of fused-ring (bicyclic) bond motifs is 1. The van der Waals surface area contributed by atoms with Crippen LogP contribution in [0, 0.1) is 5.82 Å². The fourth-order valence-corrected chi connectivity index (χ4v) is 3.49. The molecule has 23 heavy (non-hydrogen) atoms. The fraction of sp³-hybridized carbons (Fsp3) is 0.143. The number of aromatic nitrogens is 5. The van der Waals surface area contributed by atoms with Crippen LogP contribution in [0.15, 0.2) is 45.3 Å². The molecule has 6 nitrogen and oxygen atoms in total. The number of tetrazole rings is 1. The SMILES string of the molecule is Fc1ccc2oc(CSc3nnnn3Cc3cccs3)nc2c1. The fourth-order valence-electron chi connectivity index (χ4n) is 2.09. The van der Waals surface area contributed by atoms with E-state index in [1.165, 1.54) is 28.8 Å². The normalized spacial score (nSPS) is 11.3. The minimum atomic E-state index is -0.329. The van der Waals surface area contributed by atoms with Gasteiger partial charge >= 0.3 is 0 Å². The number of oxazole rings is 1. The van der Waals surface area contributed by atoms with Gasteiger partial charge in [-0.05, 0) is 34.0 Å². The minimum absolute atomic E-state index is 0.329. The number of benzene rings is 1. The Bertz CT molecular complexity index is 934. The first-order chi connectivity index (χ1) is 11.3. The topological polar surface area (TPSA) is 69.6 Å². The Labute approximate surface area is 138 Å². The summed E-state index contributed by atoms with van der Waals surface area (Å²) >= 11 is 3.09. The molecule has 0 atom stereocenters. The number of nitrogens with zero attached hydrogens (tertiary/aromatic N) is 5. The average Bonchev–Trinajstić information content (AvgIpc) is 3.26. The molecule has 3 aromatic heterocycles. The van der Waals surface area contributed by atoms with Crippen LogP contribution in [-0.4, -0.2) is 25.2 Å². The molecule has 0 saturated heterocycles. The molecule has 0 fully saturated rings. The molecule has 0 bridgehead atoms. The molecule has 1 aromatic carbocycles. The van der Waals surface area contributed by atoms with E-state index in [4.69, 9.17) is 4.42 Å². The Hall–Kier alpha value is -2.26. The molecule has 3 heterocycles. The zero-order valence-corrected chi connectivity index (χ0v) is 13.4. The van der Waals surface area contributed by atoms with Crippen LogP contribution in [0.5, 0.6) is 0 Å². The second-order valence-corrected chi connectivity index (χ2v) is 6.68. The Kier molecular flexibility index (Phi) is 3.80. The van der Waals surface area contributed by atoms with Gasteiger partial charge in [0.1, 0.15) is 11.3 Å². The highest BCUT2D eigenvalue weighted by Gasteiger charge is 2.12. The van der Waals surface area contributed by atoms with Crippen LogP contribution < -0.4 is 0 Å². The van der Waals surface area contributed by atoms with Crippen LogP contribution in [0.1, 0.15) is 10.8 Å². The van der Waals surface area contributed by atoms with E-state index in [1.807, 2.05) is 17.5 Å². The third-order valence-corrected chi connectivity index (χ3v) is 4.91. The van der Waals surface area contributed by atoms with E-state index in [9.17, 15) is 4.39 Å². The number of thioether (sulfide) groups is 1. The molecule has 0 unspecified atom stereocenters. The maximum atomic E-state index is 13.2. The molecular weight excluding hydrogens is 337 g/mol. The van der Waals surface area contributed by atoms with Crippen molar-refractivity contribution in [3.8, 4) is 0 Å². The molecule has 0 aliphatic carbocycles. The Morgan fingerprint density at radius 2 is 2.26 bits per heavy atom. The summed E-state index contributed by atoms with van der Waals surface area (Å²) in [4.78, 5) is 5.45. The zero-order chi connectivity index (χ0) is 15.6. The Morgan fingerprint density at radius 1 is 1.30 bits per heavy atom. The summed E-state index contributed by atoms with van der Waals surface area (Å²) < 4.78 is 20.5. The largest absolute Gasteiger partial charge is 0.440 e. The number of halogens is 1. The van der Waals surface area contributed by atoms with Crippen LogP contribution in [0.2, 0.25) is 0 Å². The summed E-state index contributed by atoms with van der Waals surface area (Å²) in [5.41, 5.74) is 1.08. The van der Waals surface area contributed by atoms with Crippen molar-refractivity contribution in [2.24, 2.45) is 0 Å². The average molecular weight is 347 g/mol. The van der Waals surface area contributed by atoms with Gasteiger partial charge < -0.3 is 4.42 Å². The van der Waals surface area contributed by atoms with Crippen molar-refractivity contribution in [3.63, 3.8) is 0 Å². The maximum absolute atomic E-state index is 13.2. The van der Waals surface area contributed by atoms with Gasteiger partial charge in [0.15, 0.2) is 5.58 Å². The molecular formula is C14H10FN5OS2. The van der Waals surface area contributed by atoms with Gasteiger partial charge in [0, 0.05) is 10.9 Å². The molecule has 0 spiro atoms. The predicted molar refractivity (Wildman–Crippen MR) is 84.8 cm³/mol. The first-order valence-corrected chi connectivity index (χ1v) is 8.61. The van der Waals surface area contributed by atoms with E-state index in [1.54, 1.807) is 22.1 Å². The minimum Gasteiger partial charge on any atom is -0.440 e. The summed E-state index contributed by atoms with van der Waals surface area (Å²) in [6.45, 7) is 0.631. The lowest BCUT2D eigenvalue weighted by molar-refractivity contribution is 0.554. The van der Waals surface area contributed by atoms with Gasteiger partial charge in [-0.25, -0.2) is 14.1 Å². The molecule has 0 aliphatic rings. The summed E-state index contributed by atoms with van der Waals surface area (Å²) in [6, 6.07) is 8.32. The van der Waals surface area contributed by atoms with Gasteiger partial charge in [0.2, 0.25) is 11.0 Å². The monoisotopic (exact) mass is 347 g/mol. The van der Waals surface area contributed by atoms with Crippen LogP contribution in [0.4, 0.5) is 4.39 Å². The van der Waals surface area contributed by atoms with Crippen molar-refractivity contribution in [2.45, 2.75) is 17.5 Å². The first kappa shape index (κ1) is 14.3. The van der Waals surface area contributed by atoms with Crippen LogP contribution in [-0.2, 0) is 12.3 Å². The predicted octanol–water partition coefficient (Wildman–Crippen LogP) is 3.36. The second-order valence-electron chi connectivity index (χ2n) is 4.71. The van der Waals surface area contributed by atoms with Gasteiger partial charge in [-0.1, -0.05) is 17.8 Å². The van der Waals surface area contributed by atoms with Crippen LogP contribution in [0.3, 0.4) is 0 Å². The van der Waals surface area contributed by atoms with Crippen LogP contribution >= 0.6 is 23.1 Å². The van der Waals surface area contributed by atoms with Gasteiger partial charge in [-0.2, -0.15) is 0 Å². The maximum Gasteiger partial charge on any atom is 0.210 e. The molecule has 0 N–H and O–H groups in total. The number of rotatable bonds is 5. The highest BCUT2D eigenvalue weighted by Crippen LogP contribution is 2.24. The van der Waals surface area contributed by atoms with Crippen molar-refractivity contribution in [1.82, 2.24) is 25.2 Å². The molecule has 9 heteroatoms. The lowest BCUT2D eigenvalue weighted by Crippen LogP contribution is -2.02. The van der Waals surface area contributed by atoms with E-state index >= 15 is 0 Å². The van der Waals surface area contributed by atoms with E-state index in [0.29, 0.717) is 34.4 Å². The van der Waals surface area contributed by atoms with Crippen molar-refractivity contribution in [1.29, 1.82) is 0 Å². The van der Waals surface area contributed by atoms with Gasteiger partial charge in [0.05, 0.1) is 12.3 Å². The van der Waals surface area contributed by atoms with Crippen molar-refractivity contribution in [2.75, 3.05) is 0 Å². The number of hydrogen-bond donors (Lipinski definition) is 0. The summed E-state index contributed by atoms with van der Waals surface area (Å²) in [5.74, 6) is 0.660. The quantitative estimate of drug-likeness (QED) is 0.516. The van der Waals surface area contributed by atoms with E-state index in [-0.39, 0.29) is 5.82 Å². The highest BCUT2D eigenvalue weighted by molar-refractivity contribution is 7.98. The standard InChI is InChI=1S/C14H10FN5OS2/c15-9-3-4-12-11(6-9)16-13(21-12)8-23-14-17-18-19-20(14)7-10-2-1-5-22-10/h1-6H,7-8H2. The van der Waals surface area contributed by atoms with E-state index in [0.717, 1.165) is 0 Å². The summed E-state index contributed by atoms with van der Waals surface area (Å²) in [5, 5.41) is 14.4. The van der Waals surface area contributed by atoms with E-state index in [2.05, 4.69) is 20.5 Å². The molecule has 116 valence electrons. The first-order valence-electron chi connectivity index (χ1n) is 6.74. The van der Waals surface area contributed by atoms with E-state index < -0.39 is 0 Å². The second kappa shape index (κ2) is 6.09. The number of thiophene rings is 1. The summed E-state index contributed by atoms with van der Waals surface area (Å²) in [7, 11) is 0. The molecule has 4 aromatic rings. The Balaban J connectivity index is 1.49. The lowest BCUT2D eigenvalue weighted by Gasteiger charge is -2.01.